The van der Waals surface area contributed by atoms with Crippen LogP contribution in [-0.4, -0.2) is 48.0 Å². The lowest BCUT2D eigenvalue weighted by Crippen LogP contribution is -2.53. The quantitative estimate of drug-likeness (QED) is 0.237. The molecule has 0 aliphatic rings. The molecule has 5 N–H and O–H groups in total. The van der Waals surface area contributed by atoms with E-state index in [2.05, 4.69) is 28.6 Å². The number of nitrogens with two attached hydrogens (primary N) is 1. The Labute approximate surface area is 148 Å². The van der Waals surface area contributed by atoms with Crippen molar-refractivity contribution in [3.05, 3.63) is 0 Å². The minimum Gasteiger partial charge on any atom is -0.368 e. The normalized spacial score (nSPS) is 12.8. The Morgan fingerprint density at radius 3 is 2.08 bits per heavy atom. The topological polar surface area (TPSA) is 130 Å². The molecule has 0 saturated heterocycles. The van der Waals surface area contributed by atoms with Gasteiger partial charge in [0.25, 0.3) is 0 Å². The first-order chi connectivity index (χ1) is 11.3. The molecular formula is C15H28N4O4S. The van der Waals surface area contributed by atoms with Crippen LogP contribution in [0.4, 0.5) is 0 Å². The first-order valence-corrected chi connectivity index (χ1v) is 8.75. The average molecular weight is 360 g/mol. The van der Waals surface area contributed by atoms with Crippen LogP contribution in [0.15, 0.2) is 0 Å². The molecule has 0 heterocycles. The number of rotatable bonds is 12. The van der Waals surface area contributed by atoms with E-state index in [0.717, 1.165) is 0 Å². The van der Waals surface area contributed by atoms with Gasteiger partial charge in [0.1, 0.15) is 12.1 Å². The van der Waals surface area contributed by atoms with Crippen molar-refractivity contribution < 1.29 is 19.2 Å². The van der Waals surface area contributed by atoms with Crippen LogP contribution in [-0.2, 0) is 19.2 Å². The maximum absolute atomic E-state index is 12.2. The van der Waals surface area contributed by atoms with Crippen molar-refractivity contribution in [1.82, 2.24) is 16.0 Å². The van der Waals surface area contributed by atoms with E-state index >= 15 is 0 Å². The number of unbranched alkanes of at least 4 members (excludes halogenated alkanes) is 1. The highest BCUT2D eigenvalue weighted by atomic mass is 32.1. The van der Waals surface area contributed by atoms with E-state index < -0.39 is 23.9 Å². The number of carbonyl (C=O) groups is 4. The monoisotopic (exact) mass is 360 g/mol. The number of thiol groups is 1. The molecule has 0 aliphatic carbocycles. The van der Waals surface area contributed by atoms with Gasteiger partial charge in [0.05, 0.1) is 0 Å². The van der Waals surface area contributed by atoms with Crippen molar-refractivity contribution in [3.63, 3.8) is 0 Å². The molecule has 0 bridgehead atoms. The smallest absolute Gasteiger partial charge is 0.243 e. The second-order valence-corrected chi connectivity index (χ2v) is 5.68. The lowest BCUT2D eigenvalue weighted by Gasteiger charge is -2.21. The maximum Gasteiger partial charge on any atom is 0.243 e. The van der Waals surface area contributed by atoms with Crippen LogP contribution in [0.1, 0.15) is 46.0 Å². The van der Waals surface area contributed by atoms with E-state index in [9.17, 15) is 19.2 Å². The zero-order chi connectivity index (χ0) is 18.5. The number of carbonyl (C=O) groups excluding carboxylic acids is 4. The Hall–Kier alpha value is -1.77. The van der Waals surface area contributed by atoms with Gasteiger partial charge in [-0.1, -0.05) is 13.8 Å². The zero-order valence-corrected chi connectivity index (χ0v) is 15.2. The fraction of sp³-hybridized carbons (Fsp3) is 0.733. The summed E-state index contributed by atoms with van der Waals surface area (Å²) in [6, 6.07) is -1.63. The fourth-order valence-corrected chi connectivity index (χ4v) is 2.14. The van der Waals surface area contributed by atoms with E-state index in [1.807, 2.05) is 0 Å². The van der Waals surface area contributed by atoms with E-state index in [1.165, 1.54) is 0 Å². The van der Waals surface area contributed by atoms with Gasteiger partial charge in [-0.15, -0.1) is 0 Å². The Bertz CT molecular complexity index is 445. The number of hydrogen-bond donors (Lipinski definition) is 5. The standard InChI is InChI=1S/C15H28N4O4S/c1-3-12(20)17-8-6-5-7-10(18-13(21)4-2)15(23)19-11(9-24)14(16)22/h10-11,24H,3-9H2,1-2H3,(H2,16,22)(H,17,20)(H,18,21)(H,19,23). The minimum absolute atomic E-state index is 0.0262. The van der Waals surface area contributed by atoms with Crippen LogP contribution >= 0.6 is 12.6 Å². The van der Waals surface area contributed by atoms with Gasteiger partial charge in [0.2, 0.25) is 23.6 Å². The molecule has 2 atom stereocenters. The summed E-state index contributed by atoms with van der Waals surface area (Å²) in [6.07, 6.45) is 2.40. The van der Waals surface area contributed by atoms with Crippen LogP contribution in [0, 0.1) is 0 Å². The maximum atomic E-state index is 12.2. The van der Waals surface area contributed by atoms with Crippen molar-refractivity contribution in [3.8, 4) is 0 Å². The van der Waals surface area contributed by atoms with Gasteiger partial charge in [0.15, 0.2) is 0 Å². The zero-order valence-electron chi connectivity index (χ0n) is 14.3. The highest BCUT2D eigenvalue weighted by molar-refractivity contribution is 7.80. The largest absolute Gasteiger partial charge is 0.368 e. The molecule has 0 saturated carbocycles. The van der Waals surface area contributed by atoms with Crippen LogP contribution < -0.4 is 21.7 Å². The summed E-state index contributed by atoms with van der Waals surface area (Å²) in [5.74, 6) is -1.34. The third-order valence-electron chi connectivity index (χ3n) is 3.38. The summed E-state index contributed by atoms with van der Waals surface area (Å²) >= 11 is 3.97. The van der Waals surface area contributed by atoms with E-state index in [4.69, 9.17) is 5.73 Å². The summed E-state index contributed by atoms with van der Waals surface area (Å²) < 4.78 is 0. The first kappa shape index (κ1) is 22.2. The average Bonchev–Trinajstić information content (AvgIpc) is 2.56. The van der Waals surface area contributed by atoms with Gasteiger partial charge >= 0.3 is 0 Å². The van der Waals surface area contributed by atoms with E-state index in [-0.39, 0.29) is 24.0 Å². The first-order valence-electron chi connectivity index (χ1n) is 8.12. The minimum atomic E-state index is -0.884. The Balaban J connectivity index is 4.51. The van der Waals surface area contributed by atoms with E-state index in [0.29, 0.717) is 32.2 Å². The molecule has 0 aromatic carbocycles. The molecule has 138 valence electrons. The van der Waals surface area contributed by atoms with E-state index in [1.54, 1.807) is 13.8 Å². The van der Waals surface area contributed by atoms with Crippen molar-refractivity contribution in [2.45, 2.75) is 58.0 Å². The Morgan fingerprint density at radius 1 is 0.958 bits per heavy atom. The van der Waals surface area contributed by atoms with Gasteiger partial charge in [0, 0.05) is 25.1 Å². The summed E-state index contributed by atoms with van der Waals surface area (Å²) in [5.41, 5.74) is 5.17. The summed E-state index contributed by atoms with van der Waals surface area (Å²) in [7, 11) is 0. The van der Waals surface area contributed by atoms with Crippen LogP contribution in [0.2, 0.25) is 0 Å². The second kappa shape index (κ2) is 12.6. The number of primary amides is 1. The number of nitrogens with one attached hydrogen (secondary N) is 3. The molecule has 9 heteroatoms. The van der Waals surface area contributed by atoms with Crippen molar-refractivity contribution in [1.29, 1.82) is 0 Å². The van der Waals surface area contributed by atoms with Gasteiger partial charge < -0.3 is 21.7 Å². The molecule has 0 rings (SSSR count). The second-order valence-electron chi connectivity index (χ2n) is 5.32. The fourth-order valence-electron chi connectivity index (χ4n) is 1.87. The van der Waals surface area contributed by atoms with Crippen LogP contribution in [0.3, 0.4) is 0 Å². The molecule has 0 aromatic rings. The molecule has 4 amide bonds. The summed E-state index contributed by atoms with van der Waals surface area (Å²) in [6.45, 7) is 3.97. The van der Waals surface area contributed by atoms with Crippen LogP contribution in [0.25, 0.3) is 0 Å². The Kier molecular flexibility index (Phi) is 11.7. The lowest BCUT2D eigenvalue weighted by molar-refractivity contribution is -0.131. The highest BCUT2D eigenvalue weighted by Crippen LogP contribution is 2.03. The molecular weight excluding hydrogens is 332 g/mol. The molecule has 8 nitrogen and oxygen atoms in total. The SMILES string of the molecule is CCC(=O)NCCCCC(NC(=O)CC)C(=O)NC(CS)C(N)=O. The molecule has 0 aliphatic heterocycles. The summed E-state index contributed by atoms with van der Waals surface area (Å²) in [5, 5.41) is 7.87. The molecule has 0 radical (unpaired) electrons. The number of hydrogen-bond acceptors (Lipinski definition) is 5. The number of amides is 4. The third kappa shape index (κ3) is 9.39. The Morgan fingerprint density at radius 2 is 1.58 bits per heavy atom. The predicted octanol–water partition coefficient (Wildman–Crippen LogP) is -0.522. The van der Waals surface area contributed by atoms with Crippen molar-refractivity contribution in [2.24, 2.45) is 5.73 Å². The molecule has 0 spiro atoms. The van der Waals surface area contributed by atoms with Crippen molar-refractivity contribution >= 4 is 36.3 Å². The predicted molar refractivity (Wildman–Crippen MR) is 94.4 cm³/mol. The lowest BCUT2D eigenvalue weighted by atomic mass is 10.1. The molecule has 2 unspecified atom stereocenters. The highest BCUT2D eigenvalue weighted by Gasteiger charge is 2.24. The van der Waals surface area contributed by atoms with Gasteiger partial charge in [-0.3, -0.25) is 19.2 Å². The summed E-state index contributed by atoms with van der Waals surface area (Å²) in [4.78, 5) is 46.2. The third-order valence-corrected chi connectivity index (χ3v) is 3.74. The van der Waals surface area contributed by atoms with Gasteiger partial charge in [-0.2, -0.15) is 12.6 Å². The van der Waals surface area contributed by atoms with Crippen LogP contribution in [0.5, 0.6) is 0 Å². The van der Waals surface area contributed by atoms with Gasteiger partial charge in [-0.05, 0) is 19.3 Å². The molecule has 0 fully saturated rings. The van der Waals surface area contributed by atoms with Crippen molar-refractivity contribution in [2.75, 3.05) is 12.3 Å². The molecule has 24 heavy (non-hydrogen) atoms. The van der Waals surface area contributed by atoms with Gasteiger partial charge in [-0.25, -0.2) is 0 Å². The molecule has 0 aromatic heterocycles.